The van der Waals surface area contributed by atoms with E-state index >= 15 is 0 Å². The predicted octanol–water partition coefficient (Wildman–Crippen LogP) is 3.16. The quantitative estimate of drug-likeness (QED) is 0.653. The van der Waals surface area contributed by atoms with Crippen LogP contribution in [0.3, 0.4) is 0 Å². The van der Waals surface area contributed by atoms with Gasteiger partial charge in [-0.15, -0.1) is 0 Å². The minimum atomic E-state index is -0.350. The molecule has 2 aromatic carbocycles. The Hall–Kier alpha value is -2.42. The van der Waals surface area contributed by atoms with Gasteiger partial charge in [-0.1, -0.05) is 29.8 Å². The standard InChI is InChI=1S/C15H11NO2/c1-10-5-4-6-11(9-10)14-16-13-8-3-2-7-12(13)15(17)18-14/h2-9H,1H3. The Morgan fingerprint density at radius 1 is 1.06 bits per heavy atom. The smallest absolute Gasteiger partial charge is 0.347 e. The fourth-order valence-electron chi connectivity index (χ4n) is 1.92. The molecule has 3 aromatic rings. The van der Waals surface area contributed by atoms with Gasteiger partial charge in [0.05, 0.1) is 10.9 Å². The van der Waals surface area contributed by atoms with Gasteiger partial charge in [0.2, 0.25) is 5.89 Å². The van der Waals surface area contributed by atoms with Gasteiger partial charge in [0.25, 0.3) is 0 Å². The van der Waals surface area contributed by atoms with Gasteiger partial charge in [-0.25, -0.2) is 9.78 Å². The van der Waals surface area contributed by atoms with Crippen LogP contribution in [-0.2, 0) is 0 Å². The molecule has 0 atom stereocenters. The number of hydrogen-bond donors (Lipinski definition) is 0. The van der Waals surface area contributed by atoms with Crippen LogP contribution in [0.15, 0.2) is 57.7 Å². The lowest BCUT2D eigenvalue weighted by molar-refractivity contribution is 0.518. The van der Waals surface area contributed by atoms with Crippen molar-refractivity contribution in [2.75, 3.05) is 0 Å². The van der Waals surface area contributed by atoms with Crippen LogP contribution in [0.2, 0.25) is 0 Å². The highest BCUT2D eigenvalue weighted by atomic mass is 16.4. The van der Waals surface area contributed by atoms with Gasteiger partial charge in [0.1, 0.15) is 0 Å². The maximum atomic E-state index is 11.9. The van der Waals surface area contributed by atoms with E-state index in [0.29, 0.717) is 16.8 Å². The summed E-state index contributed by atoms with van der Waals surface area (Å²) in [5, 5.41) is 0.508. The van der Waals surface area contributed by atoms with E-state index in [1.54, 1.807) is 12.1 Å². The molecule has 1 aromatic heterocycles. The second-order valence-electron chi connectivity index (χ2n) is 4.19. The molecule has 3 heteroatoms. The van der Waals surface area contributed by atoms with Gasteiger partial charge in [-0.05, 0) is 31.2 Å². The molecule has 0 spiro atoms. The van der Waals surface area contributed by atoms with Crippen molar-refractivity contribution in [3.8, 4) is 11.5 Å². The average molecular weight is 237 g/mol. The number of nitrogens with zero attached hydrogens (tertiary/aromatic N) is 1. The highest BCUT2D eigenvalue weighted by Gasteiger charge is 2.07. The third kappa shape index (κ3) is 1.80. The third-order valence-electron chi connectivity index (χ3n) is 2.80. The maximum absolute atomic E-state index is 11.9. The Kier molecular flexibility index (Phi) is 2.45. The van der Waals surface area contributed by atoms with Crippen molar-refractivity contribution in [2.24, 2.45) is 0 Å². The van der Waals surface area contributed by atoms with Crippen LogP contribution in [-0.4, -0.2) is 4.98 Å². The Morgan fingerprint density at radius 2 is 1.89 bits per heavy atom. The minimum absolute atomic E-state index is 0.350. The molecule has 18 heavy (non-hydrogen) atoms. The Labute approximate surface area is 104 Å². The molecule has 1 heterocycles. The number of fused-ring (bicyclic) bond motifs is 1. The van der Waals surface area contributed by atoms with Gasteiger partial charge in [-0.3, -0.25) is 0 Å². The number of aromatic nitrogens is 1. The second-order valence-corrected chi connectivity index (χ2v) is 4.19. The van der Waals surface area contributed by atoms with Crippen LogP contribution in [0.25, 0.3) is 22.4 Å². The summed E-state index contributed by atoms with van der Waals surface area (Å²) in [6.45, 7) is 1.99. The van der Waals surface area contributed by atoms with E-state index < -0.39 is 0 Å². The van der Waals surface area contributed by atoms with Crippen molar-refractivity contribution < 1.29 is 4.42 Å². The molecular formula is C15H11NO2. The van der Waals surface area contributed by atoms with Crippen molar-refractivity contribution >= 4 is 10.9 Å². The molecule has 0 radical (unpaired) electrons. The zero-order valence-corrected chi connectivity index (χ0v) is 9.88. The van der Waals surface area contributed by atoms with Crippen molar-refractivity contribution in [3.63, 3.8) is 0 Å². The first-order valence-corrected chi connectivity index (χ1v) is 5.71. The number of aryl methyl sites for hydroxylation is 1. The van der Waals surface area contributed by atoms with Gasteiger partial charge in [0.15, 0.2) is 0 Å². The average Bonchev–Trinajstić information content (AvgIpc) is 2.39. The van der Waals surface area contributed by atoms with Crippen LogP contribution < -0.4 is 5.63 Å². The monoisotopic (exact) mass is 237 g/mol. The molecule has 0 aliphatic rings. The summed E-state index contributed by atoms with van der Waals surface area (Å²) in [6, 6.07) is 14.9. The van der Waals surface area contributed by atoms with Crippen LogP contribution in [0.1, 0.15) is 5.56 Å². The molecule has 0 fully saturated rings. The normalized spacial score (nSPS) is 10.7. The molecule has 3 nitrogen and oxygen atoms in total. The summed E-state index contributed by atoms with van der Waals surface area (Å²) in [7, 11) is 0. The van der Waals surface area contributed by atoms with Crippen molar-refractivity contribution in [1.82, 2.24) is 4.98 Å². The highest BCUT2D eigenvalue weighted by Crippen LogP contribution is 2.19. The van der Waals surface area contributed by atoms with E-state index in [1.807, 2.05) is 43.3 Å². The van der Waals surface area contributed by atoms with E-state index in [-0.39, 0.29) is 5.63 Å². The molecule has 88 valence electrons. The van der Waals surface area contributed by atoms with Crippen LogP contribution in [0.4, 0.5) is 0 Å². The summed E-state index contributed by atoms with van der Waals surface area (Å²) < 4.78 is 5.26. The zero-order chi connectivity index (χ0) is 12.5. The van der Waals surface area contributed by atoms with Crippen molar-refractivity contribution in [1.29, 1.82) is 0 Å². The predicted molar refractivity (Wildman–Crippen MR) is 70.5 cm³/mol. The Bertz CT molecular complexity index is 775. The van der Waals surface area contributed by atoms with Gasteiger partial charge < -0.3 is 4.42 Å². The summed E-state index contributed by atoms with van der Waals surface area (Å²) in [5.74, 6) is 0.363. The van der Waals surface area contributed by atoms with Crippen LogP contribution in [0, 0.1) is 6.92 Å². The summed E-state index contributed by atoms with van der Waals surface area (Å²) in [6.07, 6.45) is 0. The van der Waals surface area contributed by atoms with E-state index in [1.165, 1.54) is 0 Å². The largest absolute Gasteiger partial charge is 0.403 e. The Morgan fingerprint density at radius 3 is 2.72 bits per heavy atom. The minimum Gasteiger partial charge on any atom is -0.403 e. The lowest BCUT2D eigenvalue weighted by Crippen LogP contribution is -2.02. The molecule has 0 aliphatic heterocycles. The van der Waals surface area contributed by atoms with E-state index in [4.69, 9.17) is 4.42 Å². The lowest BCUT2D eigenvalue weighted by atomic mass is 10.1. The fourth-order valence-corrected chi connectivity index (χ4v) is 1.92. The molecule has 0 saturated heterocycles. The topological polar surface area (TPSA) is 43.1 Å². The molecule has 0 bridgehead atoms. The zero-order valence-electron chi connectivity index (χ0n) is 9.88. The van der Waals surface area contributed by atoms with E-state index in [2.05, 4.69) is 4.98 Å². The first-order chi connectivity index (χ1) is 8.74. The fraction of sp³-hybridized carbons (Fsp3) is 0.0667. The second kappa shape index (κ2) is 4.11. The molecule has 0 amide bonds. The van der Waals surface area contributed by atoms with Crippen LogP contribution in [0.5, 0.6) is 0 Å². The van der Waals surface area contributed by atoms with Crippen molar-refractivity contribution in [2.45, 2.75) is 6.92 Å². The van der Waals surface area contributed by atoms with Crippen LogP contribution >= 0.6 is 0 Å². The summed E-state index contributed by atoms with van der Waals surface area (Å²) >= 11 is 0. The molecule has 0 aliphatic carbocycles. The van der Waals surface area contributed by atoms with E-state index in [9.17, 15) is 4.79 Å². The molecule has 3 rings (SSSR count). The highest BCUT2D eigenvalue weighted by molar-refractivity contribution is 5.78. The summed E-state index contributed by atoms with van der Waals surface area (Å²) in [5.41, 5.74) is 2.23. The van der Waals surface area contributed by atoms with Gasteiger partial charge in [0, 0.05) is 5.56 Å². The SMILES string of the molecule is Cc1cccc(-c2nc3ccccc3c(=O)o2)c1. The number of rotatable bonds is 1. The first kappa shape index (κ1) is 10.7. The van der Waals surface area contributed by atoms with Crippen molar-refractivity contribution in [3.05, 3.63) is 64.5 Å². The van der Waals surface area contributed by atoms with Gasteiger partial charge >= 0.3 is 5.63 Å². The third-order valence-corrected chi connectivity index (χ3v) is 2.80. The van der Waals surface area contributed by atoms with E-state index in [0.717, 1.165) is 11.1 Å². The number of hydrogen-bond acceptors (Lipinski definition) is 3. The molecule has 0 N–H and O–H groups in total. The molecule has 0 unspecified atom stereocenters. The number of benzene rings is 2. The molecule has 0 saturated carbocycles. The number of para-hydroxylation sites is 1. The maximum Gasteiger partial charge on any atom is 0.347 e. The molecular weight excluding hydrogens is 226 g/mol. The Balaban J connectivity index is 2.28. The lowest BCUT2D eigenvalue weighted by Gasteiger charge is -2.02. The first-order valence-electron chi connectivity index (χ1n) is 5.71. The summed E-state index contributed by atoms with van der Waals surface area (Å²) in [4.78, 5) is 16.2. The van der Waals surface area contributed by atoms with Gasteiger partial charge in [-0.2, -0.15) is 0 Å².